The maximum Gasteiger partial charge on any atom is 0.334 e. The molecule has 0 fully saturated rings. The fraction of sp³-hybridized carbons (Fsp3) is 0.333. The third-order valence-corrected chi connectivity index (χ3v) is 2.33. The number of carboxylic acids is 1. The summed E-state index contributed by atoms with van der Waals surface area (Å²) in [6.07, 6.45) is -1.18. The highest BCUT2D eigenvalue weighted by molar-refractivity contribution is 5.76. The number of carboxylic acid groups (broad SMARTS) is 1. The quantitative estimate of drug-likeness (QED) is 0.589. The van der Waals surface area contributed by atoms with Crippen molar-refractivity contribution in [3.63, 3.8) is 0 Å². The van der Waals surface area contributed by atoms with E-state index in [0.29, 0.717) is 6.42 Å². The van der Waals surface area contributed by atoms with Gasteiger partial charge in [0.1, 0.15) is 5.82 Å². The van der Waals surface area contributed by atoms with Gasteiger partial charge in [-0.3, -0.25) is 0 Å². The average Bonchev–Trinajstić information content (AvgIpc) is 2.36. The van der Waals surface area contributed by atoms with Crippen molar-refractivity contribution in [1.82, 2.24) is 10.6 Å². The number of hydrogen-bond acceptors (Lipinski definition) is 3. The van der Waals surface area contributed by atoms with E-state index < -0.39 is 18.1 Å². The molecule has 0 saturated carbocycles. The van der Waals surface area contributed by atoms with Gasteiger partial charge in [0, 0.05) is 6.54 Å². The van der Waals surface area contributed by atoms with Gasteiger partial charge < -0.3 is 20.8 Å². The zero-order valence-corrected chi connectivity index (χ0v) is 10.1. The van der Waals surface area contributed by atoms with Gasteiger partial charge in [0.05, 0.1) is 6.54 Å². The Labute approximate surface area is 109 Å². The van der Waals surface area contributed by atoms with Crippen LogP contribution in [0, 0.1) is 5.82 Å². The zero-order chi connectivity index (χ0) is 14.3. The van der Waals surface area contributed by atoms with Gasteiger partial charge in [-0.1, -0.05) is 12.1 Å². The van der Waals surface area contributed by atoms with E-state index in [1.165, 1.54) is 12.1 Å². The molecule has 0 aliphatic carbocycles. The second-order valence-corrected chi connectivity index (χ2v) is 3.87. The molecule has 6 nitrogen and oxygen atoms in total. The lowest BCUT2D eigenvalue weighted by atomic mass is 10.1. The first-order chi connectivity index (χ1) is 8.99. The SMILES string of the molecule is O=C(NCCc1cccc(F)c1)NC[C@H](O)C(=O)O. The maximum atomic E-state index is 12.9. The van der Waals surface area contributed by atoms with Gasteiger partial charge in [0.25, 0.3) is 0 Å². The molecule has 0 aromatic heterocycles. The Hall–Kier alpha value is -2.15. The lowest BCUT2D eigenvalue weighted by Gasteiger charge is -2.09. The van der Waals surface area contributed by atoms with Crippen LogP contribution in [0.25, 0.3) is 0 Å². The Morgan fingerprint density at radius 1 is 1.32 bits per heavy atom. The topological polar surface area (TPSA) is 98.7 Å². The number of aliphatic carboxylic acids is 1. The average molecular weight is 270 g/mol. The highest BCUT2D eigenvalue weighted by Gasteiger charge is 2.13. The third kappa shape index (κ3) is 5.82. The summed E-state index contributed by atoms with van der Waals surface area (Å²) < 4.78 is 12.9. The van der Waals surface area contributed by atoms with E-state index in [0.717, 1.165) is 5.56 Å². The van der Waals surface area contributed by atoms with Crippen molar-refractivity contribution >= 4 is 12.0 Å². The summed E-state index contributed by atoms with van der Waals surface area (Å²) in [6.45, 7) is -0.0976. The zero-order valence-electron chi connectivity index (χ0n) is 10.1. The normalized spacial score (nSPS) is 11.7. The molecule has 0 saturated heterocycles. The highest BCUT2D eigenvalue weighted by atomic mass is 19.1. The monoisotopic (exact) mass is 270 g/mol. The number of halogens is 1. The molecule has 2 amide bonds. The van der Waals surface area contributed by atoms with Crippen molar-refractivity contribution in [2.75, 3.05) is 13.1 Å². The minimum Gasteiger partial charge on any atom is -0.479 e. The van der Waals surface area contributed by atoms with Crippen molar-refractivity contribution < 1.29 is 24.2 Å². The molecule has 1 rings (SSSR count). The molecule has 1 aromatic rings. The summed E-state index contributed by atoms with van der Waals surface area (Å²) in [7, 11) is 0. The highest BCUT2D eigenvalue weighted by Crippen LogP contribution is 2.03. The Bertz CT molecular complexity index is 453. The van der Waals surface area contributed by atoms with Gasteiger partial charge in [-0.05, 0) is 24.1 Å². The lowest BCUT2D eigenvalue weighted by Crippen LogP contribution is -2.42. The van der Waals surface area contributed by atoms with E-state index in [1.807, 2.05) is 0 Å². The van der Waals surface area contributed by atoms with Crippen LogP contribution in [0.5, 0.6) is 0 Å². The van der Waals surface area contributed by atoms with Crippen LogP contribution in [0.4, 0.5) is 9.18 Å². The number of benzene rings is 1. The fourth-order valence-corrected chi connectivity index (χ4v) is 1.35. The molecule has 1 aromatic carbocycles. The molecule has 0 aliphatic rings. The number of urea groups is 1. The molecule has 0 aliphatic heterocycles. The fourth-order valence-electron chi connectivity index (χ4n) is 1.35. The van der Waals surface area contributed by atoms with Crippen LogP contribution in [0.1, 0.15) is 5.56 Å². The van der Waals surface area contributed by atoms with E-state index in [4.69, 9.17) is 10.2 Å². The minimum absolute atomic E-state index is 0.276. The van der Waals surface area contributed by atoms with E-state index in [9.17, 15) is 14.0 Å². The number of nitrogens with one attached hydrogen (secondary N) is 2. The summed E-state index contributed by atoms with van der Waals surface area (Å²) in [5, 5.41) is 22.0. The number of amides is 2. The molecule has 0 radical (unpaired) electrons. The molecular weight excluding hydrogens is 255 g/mol. The van der Waals surface area contributed by atoms with Gasteiger partial charge in [0.15, 0.2) is 6.10 Å². The Morgan fingerprint density at radius 3 is 2.68 bits per heavy atom. The van der Waals surface area contributed by atoms with E-state index in [1.54, 1.807) is 12.1 Å². The molecule has 7 heteroatoms. The second kappa shape index (κ2) is 7.32. The van der Waals surface area contributed by atoms with E-state index >= 15 is 0 Å². The summed E-state index contributed by atoms with van der Waals surface area (Å²) >= 11 is 0. The first-order valence-corrected chi connectivity index (χ1v) is 5.66. The van der Waals surface area contributed by atoms with E-state index in [-0.39, 0.29) is 18.9 Å². The summed E-state index contributed by atoms with van der Waals surface area (Å²) in [5.74, 6) is -1.74. The Morgan fingerprint density at radius 2 is 2.05 bits per heavy atom. The van der Waals surface area contributed by atoms with Crippen LogP contribution < -0.4 is 10.6 Å². The molecule has 19 heavy (non-hydrogen) atoms. The van der Waals surface area contributed by atoms with Crippen LogP contribution in [0.2, 0.25) is 0 Å². The number of carbonyl (C=O) groups excluding carboxylic acids is 1. The van der Waals surface area contributed by atoms with Gasteiger partial charge >= 0.3 is 12.0 Å². The van der Waals surface area contributed by atoms with Gasteiger partial charge in [-0.15, -0.1) is 0 Å². The van der Waals surface area contributed by atoms with E-state index in [2.05, 4.69) is 10.6 Å². The molecule has 4 N–H and O–H groups in total. The molecule has 1 atom stereocenters. The van der Waals surface area contributed by atoms with Crippen molar-refractivity contribution in [3.8, 4) is 0 Å². The predicted molar refractivity (Wildman–Crippen MR) is 65.1 cm³/mol. The summed E-state index contributed by atoms with van der Waals surface area (Å²) in [6, 6.07) is 5.42. The lowest BCUT2D eigenvalue weighted by molar-refractivity contribution is -0.146. The van der Waals surface area contributed by atoms with Crippen LogP contribution >= 0.6 is 0 Å². The van der Waals surface area contributed by atoms with Crippen LogP contribution in [0.15, 0.2) is 24.3 Å². The molecular formula is C12H15FN2O4. The molecule has 0 heterocycles. The van der Waals surface area contributed by atoms with Crippen LogP contribution in [-0.4, -0.2) is 41.4 Å². The van der Waals surface area contributed by atoms with Crippen molar-refractivity contribution in [2.45, 2.75) is 12.5 Å². The van der Waals surface area contributed by atoms with Crippen molar-refractivity contribution in [3.05, 3.63) is 35.6 Å². The summed E-state index contributed by atoms with van der Waals surface area (Å²) in [5.41, 5.74) is 0.742. The number of aliphatic hydroxyl groups is 1. The number of hydrogen-bond donors (Lipinski definition) is 4. The molecule has 0 bridgehead atoms. The first-order valence-electron chi connectivity index (χ1n) is 5.66. The van der Waals surface area contributed by atoms with Crippen molar-refractivity contribution in [2.24, 2.45) is 0 Å². The second-order valence-electron chi connectivity index (χ2n) is 3.87. The summed E-state index contributed by atoms with van der Waals surface area (Å²) in [4.78, 5) is 21.5. The van der Waals surface area contributed by atoms with Gasteiger partial charge in [0.2, 0.25) is 0 Å². The molecule has 0 spiro atoms. The maximum absolute atomic E-state index is 12.9. The standard InChI is InChI=1S/C12H15FN2O4/c13-9-3-1-2-8(6-9)4-5-14-12(19)15-7-10(16)11(17)18/h1-3,6,10,16H,4-5,7H2,(H,17,18)(H2,14,15,19)/t10-/m0/s1. The van der Waals surface area contributed by atoms with Crippen LogP contribution in [-0.2, 0) is 11.2 Å². The van der Waals surface area contributed by atoms with Gasteiger partial charge in [-0.2, -0.15) is 0 Å². The Kier molecular flexibility index (Phi) is 5.74. The number of rotatable bonds is 6. The molecule has 104 valence electrons. The smallest absolute Gasteiger partial charge is 0.334 e. The van der Waals surface area contributed by atoms with Gasteiger partial charge in [-0.25, -0.2) is 14.0 Å². The number of carbonyl (C=O) groups is 2. The number of aliphatic hydroxyl groups excluding tert-OH is 1. The first kappa shape index (κ1) is 14.9. The van der Waals surface area contributed by atoms with Crippen LogP contribution in [0.3, 0.4) is 0 Å². The largest absolute Gasteiger partial charge is 0.479 e. The minimum atomic E-state index is -1.63. The Balaban J connectivity index is 2.22. The van der Waals surface area contributed by atoms with Crippen molar-refractivity contribution in [1.29, 1.82) is 0 Å². The molecule has 0 unspecified atom stereocenters. The predicted octanol–water partition coefficient (Wildman–Crippen LogP) is 0.113. The third-order valence-electron chi connectivity index (χ3n) is 2.33.